The molecule has 0 saturated carbocycles. The molecule has 0 aliphatic heterocycles. The summed E-state index contributed by atoms with van der Waals surface area (Å²) in [7, 11) is 0. The van der Waals surface area contributed by atoms with Gasteiger partial charge in [-0.15, -0.1) is 0 Å². The van der Waals surface area contributed by atoms with Crippen LogP contribution in [0.15, 0.2) is 50.7 Å². The van der Waals surface area contributed by atoms with Gasteiger partial charge in [-0.3, -0.25) is 0 Å². The Balaban J connectivity index is 2.03. The minimum absolute atomic E-state index is 0.0317. The molecule has 0 atom stereocenters. The summed E-state index contributed by atoms with van der Waals surface area (Å²) in [5.41, 5.74) is 2.23. The lowest BCUT2D eigenvalue weighted by molar-refractivity contribution is 0.264. The van der Waals surface area contributed by atoms with Crippen molar-refractivity contribution in [3.63, 3.8) is 0 Å². The van der Waals surface area contributed by atoms with Crippen molar-refractivity contribution < 1.29 is 19.0 Å². The predicted octanol–water partition coefficient (Wildman–Crippen LogP) is 8.09. The molecule has 0 bridgehead atoms. The third kappa shape index (κ3) is 9.66. The van der Waals surface area contributed by atoms with Gasteiger partial charge in [-0.25, -0.2) is 4.79 Å². The maximum absolute atomic E-state index is 12.7. The van der Waals surface area contributed by atoms with E-state index in [4.69, 9.17) is 13.9 Å². The van der Waals surface area contributed by atoms with Crippen molar-refractivity contribution in [3.05, 3.63) is 51.9 Å². The Morgan fingerprint density at radius 3 is 2.35 bits per heavy atom. The van der Waals surface area contributed by atoms with Crippen LogP contribution in [0.4, 0.5) is 0 Å². The first kappa shape index (κ1) is 27.6. The highest BCUT2D eigenvalue weighted by atomic mass is 16.5. The van der Waals surface area contributed by atoms with Crippen molar-refractivity contribution >= 4 is 11.0 Å². The zero-order valence-corrected chi connectivity index (χ0v) is 21.5. The molecule has 2 aromatic rings. The lowest BCUT2D eigenvalue weighted by Gasteiger charge is -2.13. The molecule has 0 amide bonds. The summed E-state index contributed by atoms with van der Waals surface area (Å²) in [6.45, 7) is 9.27. The van der Waals surface area contributed by atoms with Gasteiger partial charge < -0.3 is 19.0 Å². The van der Waals surface area contributed by atoms with Gasteiger partial charge in [0, 0.05) is 6.07 Å². The van der Waals surface area contributed by atoms with Crippen molar-refractivity contribution in [2.75, 3.05) is 13.2 Å². The molecule has 0 aliphatic rings. The van der Waals surface area contributed by atoms with Crippen LogP contribution in [0.5, 0.6) is 17.2 Å². The van der Waals surface area contributed by atoms with Gasteiger partial charge in [-0.05, 0) is 58.2 Å². The zero-order chi connectivity index (χ0) is 24.8. The number of allylic oxidation sites excluding steroid dienone is 3. The molecule has 2 rings (SSSR count). The van der Waals surface area contributed by atoms with Gasteiger partial charge in [0.1, 0.15) is 17.9 Å². The molecule has 188 valence electrons. The van der Waals surface area contributed by atoms with Gasteiger partial charge in [0.2, 0.25) is 5.75 Å². The van der Waals surface area contributed by atoms with E-state index in [9.17, 15) is 9.90 Å². The Morgan fingerprint density at radius 1 is 0.941 bits per heavy atom. The van der Waals surface area contributed by atoms with Crippen molar-refractivity contribution in [3.8, 4) is 17.2 Å². The fourth-order valence-corrected chi connectivity index (χ4v) is 3.78. The number of hydrogen-bond acceptors (Lipinski definition) is 5. The van der Waals surface area contributed by atoms with Gasteiger partial charge in [-0.2, -0.15) is 0 Å². The number of benzene rings is 1. The first-order valence-electron chi connectivity index (χ1n) is 12.8. The largest absolute Gasteiger partial charge is 0.508 e. The van der Waals surface area contributed by atoms with Crippen molar-refractivity contribution in [1.82, 2.24) is 0 Å². The maximum atomic E-state index is 12.7. The molecule has 0 unspecified atom stereocenters. The highest BCUT2D eigenvalue weighted by Crippen LogP contribution is 2.34. The van der Waals surface area contributed by atoms with E-state index in [1.165, 1.54) is 55.7 Å². The van der Waals surface area contributed by atoms with Crippen LogP contribution in [-0.4, -0.2) is 18.3 Å². The molecule has 1 N–H and O–H groups in total. The summed E-state index contributed by atoms with van der Waals surface area (Å²) < 4.78 is 17.3. The first-order valence-corrected chi connectivity index (χ1v) is 12.8. The average molecular weight is 471 g/mol. The maximum Gasteiger partial charge on any atom is 0.383 e. The third-order valence-corrected chi connectivity index (χ3v) is 5.80. The monoisotopic (exact) mass is 470 g/mol. The van der Waals surface area contributed by atoms with Gasteiger partial charge in [0.05, 0.1) is 12.0 Å². The summed E-state index contributed by atoms with van der Waals surface area (Å²) in [5, 5.41) is 10.4. The number of phenolic OH excluding ortho intramolecular Hbond substituents is 1. The van der Waals surface area contributed by atoms with E-state index in [1.54, 1.807) is 12.1 Å². The van der Waals surface area contributed by atoms with Gasteiger partial charge in [0.25, 0.3) is 0 Å². The normalized spacial score (nSPS) is 11.6. The molecule has 1 aromatic carbocycles. The molecule has 5 heteroatoms. The number of hydrogen-bond donors (Lipinski definition) is 1. The Hall–Kier alpha value is -2.69. The molecule has 1 aromatic heterocycles. The minimum atomic E-state index is -0.586. The van der Waals surface area contributed by atoms with E-state index >= 15 is 0 Å². The topological polar surface area (TPSA) is 68.9 Å². The second kappa shape index (κ2) is 15.3. The van der Waals surface area contributed by atoms with E-state index in [0.29, 0.717) is 24.3 Å². The van der Waals surface area contributed by atoms with Gasteiger partial charge in [0.15, 0.2) is 5.75 Å². The Kier molecular flexibility index (Phi) is 12.4. The average Bonchev–Trinajstić information content (AvgIpc) is 2.78. The quantitative estimate of drug-likeness (QED) is 0.152. The minimum Gasteiger partial charge on any atom is -0.508 e. The van der Waals surface area contributed by atoms with Crippen LogP contribution in [0.25, 0.3) is 11.0 Å². The lowest BCUT2D eigenvalue weighted by Crippen LogP contribution is -2.11. The summed E-state index contributed by atoms with van der Waals surface area (Å²) in [6, 6.07) is 4.67. The SMILES string of the molecule is CCCCCCCCCCOc1c(OC/C=C(\C)CCC=C(C)C)c2ccc(O)cc2oc1=O. The van der Waals surface area contributed by atoms with Gasteiger partial charge >= 0.3 is 5.63 Å². The van der Waals surface area contributed by atoms with Crippen molar-refractivity contribution in [2.45, 2.75) is 91.9 Å². The summed E-state index contributed by atoms with van der Waals surface area (Å²) in [4.78, 5) is 12.7. The number of phenols is 1. The molecule has 0 saturated heterocycles. The molecular weight excluding hydrogens is 428 g/mol. The van der Waals surface area contributed by atoms with E-state index in [2.05, 4.69) is 33.8 Å². The molecule has 0 aliphatic carbocycles. The van der Waals surface area contributed by atoms with Crippen LogP contribution in [-0.2, 0) is 0 Å². The van der Waals surface area contributed by atoms with E-state index in [1.807, 2.05) is 6.08 Å². The molecule has 0 radical (unpaired) electrons. The number of rotatable bonds is 16. The standard InChI is InChI=1S/C29H42O5/c1-5-6-7-8-9-10-11-12-19-32-28-27(33-20-18-23(4)15-13-14-22(2)3)25-17-16-24(30)21-26(25)34-29(28)31/h14,16-18,21,30H,5-13,15,19-20H2,1-4H3/b23-18+. The Bertz CT molecular complexity index is 995. The lowest BCUT2D eigenvalue weighted by atomic mass is 10.1. The Morgan fingerprint density at radius 2 is 1.65 bits per heavy atom. The number of fused-ring (bicyclic) bond motifs is 1. The molecule has 0 spiro atoms. The summed E-state index contributed by atoms with van der Waals surface area (Å²) in [5.74, 6) is 0.514. The van der Waals surface area contributed by atoms with E-state index < -0.39 is 5.63 Å². The van der Waals surface area contributed by atoms with Crippen LogP contribution in [0, 0.1) is 0 Å². The van der Waals surface area contributed by atoms with Crippen LogP contribution in [0.2, 0.25) is 0 Å². The molecule has 5 nitrogen and oxygen atoms in total. The fourth-order valence-electron chi connectivity index (χ4n) is 3.78. The highest BCUT2D eigenvalue weighted by Gasteiger charge is 2.18. The molecule has 34 heavy (non-hydrogen) atoms. The van der Waals surface area contributed by atoms with Crippen LogP contribution in [0.1, 0.15) is 91.9 Å². The third-order valence-electron chi connectivity index (χ3n) is 5.80. The van der Waals surface area contributed by atoms with E-state index in [-0.39, 0.29) is 17.1 Å². The highest BCUT2D eigenvalue weighted by molar-refractivity contribution is 5.86. The van der Waals surface area contributed by atoms with Crippen LogP contribution >= 0.6 is 0 Å². The Labute approximate surface area is 204 Å². The van der Waals surface area contributed by atoms with Crippen molar-refractivity contribution in [1.29, 1.82) is 0 Å². The summed E-state index contributed by atoms with van der Waals surface area (Å²) in [6.07, 6.45) is 15.7. The smallest absolute Gasteiger partial charge is 0.383 e. The zero-order valence-electron chi connectivity index (χ0n) is 21.5. The fraction of sp³-hybridized carbons (Fsp3) is 0.552. The predicted molar refractivity (Wildman–Crippen MR) is 140 cm³/mol. The molecular formula is C29H42O5. The number of aromatic hydroxyl groups is 1. The van der Waals surface area contributed by atoms with Crippen molar-refractivity contribution in [2.24, 2.45) is 0 Å². The van der Waals surface area contributed by atoms with E-state index in [0.717, 1.165) is 25.7 Å². The van der Waals surface area contributed by atoms with Crippen LogP contribution < -0.4 is 15.1 Å². The first-order chi connectivity index (χ1) is 16.4. The second-order valence-electron chi connectivity index (χ2n) is 9.23. The molecule has 0 fully saturated rings. The van der Waals surface area contributed by atoms with Crippen LogP contribution in [0.3, 0.4) is 0 Å². The van der Waals surface area contributed by atoms with Gasteiger partial charge in [-0.1, -0.05) is 69.1 Å². The number of unbranched alkanes of at least 4 members (excludes halogenated alkanes) is 7. The second-order valence-corrected chi connectivity index (χ2v) is 9.23. The summed E-state index contributed by atoms with van der Waals surface area (Å²) >= 11 is 0. The number of ether oxygens (including phenoxy) is 2. The molecule has 1 heterocycles.